The van der Waals surface area contributed by atoms with Crippen LogP contribution < -0.4 is 0 Å². The molecule has 146 valence electrons. The van der Waals surface area contributed by atoms with Gasteiger partial charge in [0.05, 0.1) is 15.6 Å². The molecular formula is C21H20ClNO4S. The highest BCUT2D eigenvalue weighted by atomic mass is 35.5. The SMILES string of the molecule is O=C(CCC(=O)c1ccc(Cl)s1)OCC(=O)N1CC=C(c2ccccc2)CC1. The van der Waals surface area contributed by atoms with E-state index < -0.39 is 5.97 Å². The maximum Gasteiger partial charge on any atom is 0.306 e. The maximum atomic E-state index is 12.2. The minimum Gasteiger partial charge on any atom is -0.456 e. The molecule has 1 aliphatic rings. The lowest BCUT2D eigenvalue weighted by atomic mass is 10.00. The topological polar surface area (TPSA) is 63.7 Å². The minimum absolute atomic E-state index is 0.0384. The summed E-state index contributed by atoms with van der Waals surface area (Å²) in [7, 11) is 0. The van der Waals surface area contributed by atoms with Crippen LogP contribution in [0.2, 0.25) is 4.34 Å². The maximum absolute atomic E-state index is 12.2. The van der Waals surface area contributed by atoms with Crippen molar-refractivity contribution < 1.29 is 19.1 Å². The fourth-order valence-corrected chi connectivity index (χ4v) is 3.93. The first-order chi connectivity index (χ1) is 13.5. The fraction of sp³-hybridized carbons (Fsp3) is 0.286. The van der Waals surface area contributed by atoms with Crippen LogP contribution in [0.5, 0.6) is 0 Å². The van der Waals surface area contributed by atoms with Gasteiger partial charge in [0.15, 0.2) is 12.4 Å². The van der Waals surface area contributed by atoms with Crippen molar-refractivity contribution in [2.45, 2.75) is 19.3 Å². The Morgan fingerprint density at radius 2 is 1.86 bits per heavy atom. The standard InChI is InChI=1S/C21H20ClNO4S/c22-19-8-7-18(28-19)17(24)6-9-21(26)27-14-20(25)23-12-10-16(11-13-23)15-4-2-1-3-5-15/h1-5,7-8,10H,6,9,11-14H2. The van der Waals surface area contributed by atoms with Crippen molar-refractivity contribution in [3.8, 4) is 0 Å². The number of halogens is 1. The van der Waals surface area contributed by atoms with Crippen LogP contribution >= 0.6 is 22.9 Å². The predicted octanol–water partition coefficient (Wildman–Crippen LogP) is 4.22. The van der Waals surface area contributed by atoms with Gasteiger partial charge in [0.2, 0.25) is 0 Å². The van der Waals surface area contributed by atoms with Crippen LogP contribution in [-0.4, -0.2) is 42.3 Å². The third kappa shape index (κ3) is 5.53. The van der Waals surface area contributed by atoms with Crippen LogP contribution in [0.25, 0.3) is 5.57 Å². The highest BCUT2D eigenvalue weighted by Crippen LogP contribution is 2.23. The number of rotatable bonds is 7. The van der Waals surface area contributed by atoms with Gasteiger partial charge in [0.1, 0.15) is 0 Å². The number of hydrogen-bond acceptors (Lipinski definition) is 5. The number of nitrogens with zero attached hydrogens (tertiary/aromatic N) is 1. The lowest BCUT2D eigenvalue weighted by Gasteiger charge is -2.26. The predicted molar refractivity (Wildman–Crippen MR) is 109 cm³/mol. The molecule has 0 unspecified atom stereocenters. The van der Waals surface area contributed by atoms with Crippen molar-refractivity contribution >= 4 is 46.2 Å². The average molecular weight is 418 g/mol. The molecule has 2 heterocycles. The van der Waals surface area contributed by atoms with Gasteiger partial charge in [-0.2, -0.15) is 0 Å². The lowest BCUT2D eigenvalue weighted by molar-refractivity contribution is -0.151. The Labute approximate surface area is 172 Å². The fourth-order valence-electron chi connectivity index (χ4n) is 2.92. The zero-order chi connectivity index (χ0) is 19.9. The molecule has 0 saturated carbocycles. The summed E-state index contributed by atoms with van der Waals surface area (Å²) in [5, 5.41) is 0. The molecule has 0 radical (unpaired) electrons. The molecule has 1 amide bonds. The van der Waals surface area contributed by atoms with E-state index >= 15 is 0 Å². The van der Waals surface area contributed by atoms with Crippen molar-refractivity contribution in [2.24, 2.45) is 0 Å². The second kappa shape index (κ2) is 9.66. The van der Waals surface area contributed by atoms with Crippen LogP contribution in [0.15, 0.2) is 48.5 Å². The molecule has 0 atom stereocenters. The van der Waals surface area contributed by atoms with Crippen LogP contribution in [-0.2, 0) is 14.3 Å². The molecule has 2 aromatic rings. The molecule has 0 fully saturated rings. The van der Waals surface area contributed by atoms with E-state index in [0.717, 1.165) is 12.0 Å². The zero-order valence-electron chi connectivity index (χ0n) is 15.2. The second-order valence-corrected chi connectivity index (χ2v) is 8.09. The summed E-state index contributed by atoms with van der Waals surface area (Å²) < 4.78 is 5.56. The summed E-state index contributed by atoms with van der Waals surface area (Å²) in [6.07, 6.45) is 2.78. The lowest BCUT2D eigenvalue weighted by Crippen LogP contribution is -2.37. The Morgan fingerprint density at radius 3 is 2.50 bits per heavy atom. The molecule has 0 saturated heterocycles. The summed E-state index contributed by atoms with van der Waals surface area (Å²) in [5.74, 6) is -0.940. The number of benzene rings is 1. The summed E-state index contributed by atoms with van der Waals surface area (Å²) in [5.41, 5.74) is 2.38. The number of Topliss-reactive ketones (excluding diaryl/α,β-unsaturated/α-hetero) is 1. The largest absolute Gasteiger partial charge is 0.456 e. The van der Waals surface area contributed by atoms with E-state index in [2.05, 4.69) is 12.1 Å². The molecule has 7 heteroatoms. The number of thiophene rings is 1. The summed E-state index contributed by atoms with van der Waals surface area (Å²) in [4.78, 5) is 38.2. The van der Waals surface area contributed by atoms with Gasteiger partial charge in [-0.3, -0.25) is 14.4 Å². The van der Waals surface area contributed by atoms with Crippen molar-refractivity contribution in [3.05, 3.63) is 63.3 Å². The number of hydrogen-bond donors (Lipinski definition) is 0. The van der Waals surface area contributed by atoms with Crippen molar-refractivity contribution in [3.63, 3.8) is 0 Å². The quantitative estimate of drug-likeness (QED) is 0.499. The van der Waals surface area contributed by atoms with Crippen molar-refractivity contribution in [2.75, 3.05) is 19.7 Å². The van der Waals surface area contributed by atoms with E-state index in [1.165, 1.54) is 16.9 Å². The smallest absolute Gasteiger partial charge is 0.306 e. The van der Waals surface area contributed by atoms with Crippen LogP contribution in [0.4, 0.5) is 0 Å². The van der Waals surface area contributed by atoms with Gasteiger partial charge < -0.3 is 9.64 Å². The highest BCUT2D eigenvalue weighted by Gasteiger charge is 2.19. The number of amides is 1. The van der Waals surface area contributed by atoms with Crippen LogP contribution in [0, 0.1) is 0 Å². The van der Waals surface area contributed by atoms with E-state index in [1.54, 1.807) is 17.0 Å². The molecule has 1 aromatic heterocycles. The normalized spacial score (nSPS) is 13.8. The number of carbonyl (C=O) groups is 3. The first-order valence-corrected chi connectivity index (χ1v) is 10.2. The summed E-state index contributed by atoms with van der Waals surface area (Å²) in [6.45, 7) is 0.791. The van der Waals surface area contributed by atoms with Gasteiger partial charge >= 0.3 is 5.97 Å². The molecule has 1 aliphatic heterocycles. The monoisotopic (exact) mass is 417 g/mol. The Balaban J connectivity index is 1.40. The van der Waals surface area contributed by atoms with Crippen LogP contribution in [0.1, 0.15) is 34.5 Å². The number of ether oxygens (including phenoxy) is 1. The third-order valence-corrected chi connectivity index (χ3v) is 5.74. The van der Waals surface area contributed by atoms with Gasteiger partial charge in [-0.25, -0.2) is 0 Å². The van der Waals surface area contributed by atoms with E-state index in [1.807, 2.05) is 24.3 Å². The first-order valence-electron chi connectivity index (χ1n) is 8.99. The van der Waals surface area contributed by atoms with Gasteiger partial charge in [-0.15, -0.1) is 11.3 Å². The Hall–Kier alpha value is -2.44. The average Bonchev–Trinajstić information content (AvgIpc) is 3.17. The van der Waals surface area contributed by atoms with Crippen LogP contribution in [0.3, 0.4) is 0 Å². The van der Waals surface area contributed by atoms with E-state index in [4.69, 9.17) is 16.3 Å². The van der Waals surface area contributed by atoms with Gasteiger partial charge in [-0.05, 0) is 29.7 Å². The Kier molecular flexibility index (Phi) is 7.01. The third-order valence-electron chi connectivity index (χ3n) is 4.47. The zero-order valence-corrected chi connectivity index (χ0v) is 16.8. The molecule has 28 heavy (non-hydrogen) atoms. The summed E-state index contributed by atoms with van der Waals surface area (Å²) in [6, 6.07) is 13.3. The van der Waals surface area contributed by atoms with E-state index in [-0.39, 0.29) is 31.1 Å². The molecule has 1 aromatic carbocycles. The Morgan fingerprint density at radius 1 is 1.07 bits per heavy atom. The van der Waals surface area contributed by atoms with Gasteiger partial charge in [0, 0.05) is 19.5 Å². The minimum atomic E-state index is -0.554. The number of ketones is 1. The first kappa shape index (κ1) is 20.3. The number of esters is 1. The molecule has 0 N–H and O–H groups in total. The molecule has 3 rings (SSSR count). The second-order valence-electron chi connectivity index (χ2n) is 6.37. The summed E-state index contributed by atoms with van der Waals surface area (Å²) >= 11 is 6.98. The highest BCUT2D eigenvalue weighted by molar-refractivity contribution is 7.18. The van der Waals surface area contributed by atoms with E-state index in [0.29, 0.717) is 22.3 Å². The number of carbonyl (C=O) groups excluding carboxylic acids is 3. The van der Waals surface area contributed by atoms with E-state index in [9.17, 15) is 14.4 Å². The Bertz CT molecular complexity index is 891. The van der Waals surface area contributed by atoms with Crippen molar-refractivity contribution in [1.29, 1.82) is 0 Å². The van der Waals surface area contributed by atoms with Gasteiger partial charge in [-0.1, -0.05) is 48.0 Å². The van der Waals surface area contributed by atoms with Crippen molar-refractivity contribution in [1.82, 2.24) is 4.90 Å². The molecule has 5 nitrogen and oxygen atoms in total. The molecular weight excluding hydrogens is 398 g/mol. The molecule has 0 aliphatic carbocycles. The molecule has 0 spiro atoms. The molecule has 0 bridgehead atoms. The van der Waals surface area contributed by atoms with Gasteiger partial charge in [0.25, 0.3) is 5.91 Å².